The summed E-state index contributed by atoms with van der Waals surface area (Å²) in [5, 5.41) is 12.6. The Hall–Kier alpha value is -1.55. The number of hydrogen-bond donors (Lipinski definition) is 2. The Morgan fingerprint density at radius 1 is 1.26 bits per heavy atom. The van der Waals surface area contributed by atoms with Crippen molar-refractivity contribution in [3.05, 3.63) is 24.3 Å². The van der Waals surface area contributed by atoms with Crippen LogP contribution in [0.2, 0.25) is 0 Å². The Balaban J connectivity index is 2.81. The van der Waals surface area contributed by atoms with Gasteiger partial charge in [-0.15, -0.1) is 0 Å². The van der Waals surface area contributed by atoms with E-state index in [4.69, 9.17) is 4.74 Å². The third kappa shape index (κ3) is 4.24. The molecule has 1 amide bonds. The van der Waals surface area contributed by atoms with Crippen molar-refractivity contribution in [2.75, 3.05) is 12.4 Å². The Bertz CT molecular complexity index is 418. The third-order valence-electron chi connectivity index (χ3n) is 3.06. The fraction of sp³-hybridized carbons (Fsp3) is 0.533. The molecule has 2 N–H and O–H groups in total. The van der Waals surface area contributed by atoms with E-state index in [9.17, 15) is 9.90 Å². The second-order valence-electron chi connectivity index (χ2n) is 5.80. The molecule has 1 rings (SSSR count). The van der Waals surface area contributed by atoms with Crippen LogP contribution < -0.4 is 10.1 Å². The molecular formula is C15H23NO3. The molecule has 2 atom stereocenters. The number of hydrogen-bond acceptors (Lipinski definition) is 3. The maximum Gasteiger partial charge on any atom is 0.230 e. The predicted octanol–water partition coefficient (Wildman–Crippen LogP) is 2.68. The van der Waals surface area contributed by atoms with Gasteiger partial charge in [-0.3, -0.25) is 4.79 Å². The summed E-state index contributed by atoms with van der Waals surface area (Å²) in [5.41, 5.74) is 0.394. The first-order chi connectivity index (χ1) is 8.75. The van der Waals surface area contributed by atoms with Crippen LogP contribution in [0, 0.1) is 11.3 Å². The second-order valence-corrected chi connectivity index (χ2v) is 5.80. The van der Waals surface area contributed by atoms with Crippen molar-refractivity contribution in [3.63, 3.8) is 0 Å². The lowest BCUT2D eigenvalue weighted by molar-refractivity contribution is -0.127. The van der Waals surface area contributed by atoms with Crippen molar-refractivity contribution in [2.24, 2.45) is 11.3 Å². The molecule has 0 aliphatic rings. The van der Waals surface area contributed by atoms with Crippen molar-refractivity contribution in [1.29, 1.82) is 0 Å². The van der Waals surface area contributed by atoms with Crippen molar-refractivity contribution >= 4 is 11.6 Å². The molecule has 106 valence electrons. The summed E-state index contributed by atoms with van der Waals surface area (Å²) in [6, 6.07) is 7.12. The van der Waals surface area contributed by atoms with Crippen LogP contribution in [0.3, 0.4) is 0 Å². The van der Waals surface area contributed by atoms with Crippen LogP contribution in [0.25, 0.3) is 0 Å². The fourth-order valence-electron chi connectivity index (χ4n) is 2.23. The number of rotatable bonds is 4. The van der Waals surface area contributed by atoms with Gasteiger partial charge in [-0.2, -0.15) is 0 Å². The topological polar surface area (TPSA) is 58.6 Å². The average Bonchev–Trinajstić information content (AvgIpc) is 2.27. The van der Waals surface area contributed by atoms with Crippen molar-refractivity contribution in [2.45, 2.75) is 33.8 Å². The molecule has 0 saturated carbocycles. The van der Waals surface area contributed by atoms with E-state index in [1.807, 2.05) is 20.8 Å². The molecule has 0 saturated heterocycles. The lowest BCUT2D eigenvalue weighted by Gasteiger charge is -2.31. The molecule has 0 aliphatic heterocycles. The number of methoxy groups -OCH3 is 1. The van der Waals surface area contributed by atoms with E-state index in [2.05, 4.69) is 5.32 Å². The molecule has 0 fully saturated rings. The van der Waals surface area contributed by atoms with Gasteiger partial charge < -0.3 is 15.2 Å². The van der Waals surface area contributed by atoms with Crippen molar-refractivity contribution in [3.8, 4) is 5.75 Å². The summed E-state index contributed by atoms with van der Waals surface area (Å²) in [4.78, 5) is 12.3. The molecule has 1 aromatic rings. The third-order valence-corrected chi connectivity index (χ3v) is 3.06. The molecule has 19 heavy (non-hydrogen) atoms. The lowest BCUT2D eigenvalue weighted by Crippen LogP contribution is -2.40. The highest BCUT2D eigenvalue weighted by atomic mass is 16.5. The summed E-state index contributed by atoms with van der Waals surface area (Å²) >= 11 is 0. The van der Waals surface area contributed by atoms with E-state index in [1.165, 1.54) is 0 Å². The lowest BCUT2D eigenvalue weighted by atomic mass is 9.77. The Morgan fingerprint density at radius 3 is 2.16 bits per heavy atom. The smallest absolute Gasteiger partial charge is 0.230 e. The maximum absolute atomic E-state index is 12.3. The molecule has 0 aliphatic carbocycles. The zero-order valence-corrected chi connectivity index (χ0v) is 12.2. The van der Waals surface area contributed by atoms with Gasteiger partial charge >= 0.3 is 0 Å². The summed E-state index contributed by atoms with van der Waals surface area (Å²) in [7, 11) is 1.59. The van der Waals surface area contributed by atoms with Gasteiger partial charge in [0.15, 0.2) is 0 Å². The van der Waals surface area contributed by atoms with E-state index in [1.54, 1.807) is 38.3 Å². The molecule has 1 aromatic carbocycles. The molecule has 0 aromatic heterocycles. The second kappa shape index (κ2) is 6.06. The summed E-state index contributed by atoms with van der Waals surface area (Å²) in [6.45, 7) is 7.47. The van der Waals surface area contributed by atoms with Gasteiger partial charge in [-0.25, -0.2) is 0 Å². The quantitative estimate of drug-likeness (QED) is 0.880. The van der Waals surface area contributed by atoms with E-state index in [0.29, 0.717) is 5.69 Å². The molecule has 0 unspecified atom stereocenters. The van der Waals surface area contributed by atoms with E-state index in [-0.39, 0.29) is 11.3 Å². The molecule has 0 bridgehead atoms. The minimum Gasteiger partial charge on any atom is -0.497 e. The van der Waals surface area contributed by atoms with Crippen LogP contribution in [0.4, 0.5) is 5.69 Å². The zero-order valence-electron chi connectivity index (χ0n) is 12.2. The fourth-order valence-corrected chi connectivity index (χ4v) is 2.23. The number of aliphatic hydroxyl groups excluding tert-OH is 1. The van der Waals surface area contributed by atoms with Gasteiger partial charge in [0.25, 0.3) is 0 Å². The van der Waals surface area contributed by atoms with Crippen LogP contribution in [0.15, 0.2) is 24.3 Å². The molecule has 4 nitrogen and oxygen atoms in total. The van der Waals surface area contributed by atoms with Crippen LogP contribution in [0.5, 0.6) is 5.75 Å². The number of carbonyl (C=O) groups excluding carboxylic acids is 1. The highest BCUT2D eigenvalue weighted by Gasteiger charge is 2.35. The van der Waals surface area contributed by atoms with E-state index >= 15 is 0 Å². The summed E-state index contributed by atoms with van der Waals surface area (Å²) in [6.07, 6.45) is -0.696. The first-order valence-corrected chi connectivity index (χ1v) is 6.38. The van der Waals surface area contributed by atoms with Crippen molar-refractivity contribution in [1.82, 2.24) is 0 Å². The Labute approximate surface area is 114 Å². The SMILES string of the molecule is COc1ccc(NC(=O)[C@H]([C@@H](C)O)C(C)(C)C)cc1. The van der Waals surface area contributed by atoms with Gasteiger partial charge in [0.1, 0.15) is 5.75 Å². The first kappa shape index (κ1) is 15.5. The number of anilines is 1. The number of nitrogens with one attached hydrogen (secondary N) is 1. The van der Waals surface area contributed by atoms with Gasteiger partial charge in [-0.05, 0) is 36.6 Å². The highest BCUT2D eigenvalue weighted by molar-refractivity contribution is 5.93. The zero-order chi connectivity index (χ0) is 14.6. The minimum atomic E-state index is -0.696. The summed E-state index contributed by atoms with van der Waals surface area (Å²) < 4.78 is 5.06. The average molecular weight is 265 g/mol. The number of ether oxygens (including phenoxy) is 1. The number of aliphatic hydroxyl groups is 1. The maximum atomic E-state index is 12.3. The van der Waals surface area contributed by atoms with E-state index < -0.39 is 12.0 Å². The van der Waals surface area contributed by atoms with Gasteiger partial charge in [-0.1, -0.05) is 20.8 Å². The number of amides is 1. The molecule has 0 radical (unpaired) electrons. The monoisotopic (exact) mass is 265 g/mol. The van der Waals surface area contributed by atoms with Crippen LogP contribution in [-0.2, 0) is 4.79 Å². The van der Waals surface area contributed by atoms with Crippen LogP contribution in [0.1, 0.15) is 27.7 Å². The highest BCUT2D eigenvalue weighted by Crippen LogP contribution is 2.30. The Morgan fingerprint density at radius 2 is 1.79 bits per heavy atom. The molecule has 0 heterocycles. The number of carbonyl (C=O) groups is 1. The first-order valence-electron chi connectivity index (χ1n) is 6.38. The van der Waals surface area contributed by atoms with Gasteiger partial charge in [0, 0.05) is 5.69 Å². The molecule has 4 heteroatoms. The Kier molecular flexibility index (Phi) is 4.95. The molecular weight excluding hydrogens is 242 g/mol. The number of benzene rings is 1. The van der Waals surface area contributed by atoms with Gasteiger partial charge in [0.2, 0.25) is 5.91 Å². The molecule has 0 spiro atoms. The van der Waals surface area contributed by atoms with Crippen LogP contribution >= 0.6 is 0 Å². The van der Waals surface area contributed by atoms with Gasteiger partial charge in [0.05, 0.1) is 19.1 Å². The normalized spacial score (nSPS) is 14.6. The summed E-state index contributed by atoms with van der Waals surface area (Å²) in [5.74, 6) is 0.100. The standard InChI is InChI=1S/C15H23NO3/c1-10(17)13(15(2,3)4)14(18)16-11-6-8-12(19-5)9-7-11/h6-10,13,17H,1-5H3,(H,16,18)/t10-,13+/m1/s1. The van der Waals surface area contributed by atoms with E-state index in [0.717, 1.165) is 5.75 Å². The minimum absolute atomic E-state index is 0.173. The largest absolute Gasteiger partial charge is 0.497 e. The predicted molar refractivity (Wildman–Crippen MR) is 76.2 cm³/mol. The van der Waals surface area contributed by atoms with Crippen LogP contribution in [-0.4, -0.2) is 24.2 Å². The van der Waals surface area contributed by atoms with Crippen molar-refractivity contribution < 1.29 is 14.6 Å².